The van der Waals surface area contributed by atoms with Gasteiger partial charge in [0.1, 0.15) is 12.6 Å². The van der Waals surface area contributed by atoms with Crippen molar-refractivity contribution in [2.24, 2.45) is 5.92 Å². The number of hydrogen-bond acceptors (Lipinski definition) is 4. The minimum atomic E-state index is -0.721. The molecule has 2 aromatic rings. The summed E-state index contributed by atoms with van der Waals surface area (Å²) >= 11 is 0. The predicted molar refractivity (Wildman–Crippen MR) is 114 cm³/mol. The zero-order valence-corrected chi connectivity index (χ0v) is 17.1. The van der Waals surface area contributed by atoms with Crippen LogP contribution in [0.25, 0.3) is 0 Å². The molecule has 4 amide bonds. The Hall–Kier alpha value is -3.55. The van der Waals surface area contributed by atoms with E-state index < -0.39 is 18.2 Å². The van der Waals surface area contributed by atoms with Crippen LogP contribution in [0.4, 0.5) is 21.0 Å². The molecule has 1 atom stereocenters. The Morgan fingerprint density at radius 3 is 2.53 bits per heavy atom. The fourth-order valence-corrected chi connectivity index (χ4v) is 3.10. The van der Waals surface area contributed by atoms with Crippen LogP contribution < -0.4 is 20.9 Å². The molecule has 0 aromatic heterocycles. The van der Waals surface area contributed by atoms with Gasteiger partial charge >= 0.3 is 12.1 Å². The highest BCUT2D eigenvalue weighted by Crippen LogP contribution is 2.22. The fourth-order valence-electron chi connectivity index (χ4n) is 3.10. The summed E-state index contributed by atoms with van der Waals surface area (Å²) in [4.78, 5) is 38.4. The minimum Gasteiger partial charge on any atom is -0.447 e. The van der Waals surface area contributed by atoms with E-state index in [9.17, 15) is 14.4 Å². The lowest BCUT2D eigenvalue weighted by Gasteiger charge is -2.22. The van der Waals surface area contributed by atoms with Crippen molar-refractivity contribution in [3.8, 4) is 0 Å². The number of nitrogens with zero attached hydrogens (tertiary/aromatic N) is 1. The predicted octanol–water partition coefficient (Wildman–Crippen LogP) is 3.11. The third-order valence-electron chi connectivity index (χ3n) is 4.72. The number of anilines is 2. The van der Waals surface area contributed by atoms with Crippen molar-refractivity contribution in [2.75, 3.05) is 23.4 Å². The maximum atomic E-state index is 12.8. The number of nitrogens with one attached hydrogen (secondary N) is 3. The van der Waals surface area contributed by atoms with Crippen LogP contribution in [0.1, 0.15) is 19.4 Å². The van der Waals surface area contributed by atoms with E-state index in [4.69, 9.17) is 4.74 Å². The molecule has 3 rings (SSSR count). The molecule has 30 heavy (non-hydrogen) atoms. The topological polar surface area (TPSA) is 99.8 Å². The Kier molecular flexibility index (Phi) is 6.90. The monoisotopic (exact) mass is 410 g/mol. The van der Waals surface area contributed by atoms with Crippen molar-refractivity contribution in [3.05, 3.63) is 60.2 Å². The number of hydrogen-bond donors (Lipinski definition) is 3. The van der Waals surface area contributed by atoms with Gasteiger partial charge in [-0.05, 0) is 29.7 Å². The lowest BCUT2D eigenvalue weighted by atomic mass is 10.0. The molecular formula is C22H26N4O4. The first-order valence-corrected chi connectivity index (χ1v) is 9.87. The van der Waals surface area contributed by atoms with E-state index in [1.807, 2.05) is 44.2 Å². The first-order chi connectivity index (χ1) is 14.4. The van der Waals surface area contributed by atoms with Gasteiger partial charge in [0, 0.05) is 17.9 Å². The lowest BCUT2D eigenvalue weighted by Crippen LogP contribution is -2.50. The van der Waals surface area contributed by atoms with Crippen LogP contribution in [0, 0.1) is 5.92 Å². The summed E-state index contributed by atoms with van der Waals surface area (Å²) < 4.78 is 4.95. The van der Waals surface area contributed by atoms with Crippen LogP contribution in [0.3, 0.4) is 0 Å². The highest BCUT2D eigenvalue weighted by Gasteiger charge is 2.26. The second-order valence-electron chi connectivity index (χ2n) is 7.34. The summed E-state index contributed by atoms with van der Waals surface area (Å²) in [5.74, 6) is -0.453. The Balaban J connectivity index is 1.60. The average molecular weight is 410 g/mol. The number of amides is 4. The van der Waals surface area contributed by atoms with Crippen LogP contribution in [0.2, 0.25) is 0 Å². The second kappa shape index (κ2) is 9.78. The summed E-state index contributed by atoms with van der Waals surface area (Å²) in [5, 5.41) is 8.32. The molecule has 158 valence electrons. The molecule has 0 saturated carbocycles. The summed E-state index contributed by atoms with van der Waals surface area (Å²) in [6, 6.07) is 15.4. The second-order valence-corrected chi connectivity index (χ2v) is 7.34. The third-order valence-corrected chi connectivity index (χ3v) is 4.72. The first-order valence-electron chi connectivity index (χ1n) is 9.87. The number of benzene rings is 2. The maximum Gasteiger partial charge on any atom is 0.414 e. The molecule has 1 aliphatic rings. The van der Waals surface area contributed by atoms with Crippen molar-refractivity contribution in [1.29, 1.82) is 0 Å². The molecule has 1 fully saturated rings. The third kappa shape index (κ3) is 5.50. The molecular weight excluding hydrogens is 384 g/mol. The van der Waals surface area contributed by atoms with Crippen LogP contribution in [0.15, 0.2) is 54.6 Å². The highest BCUT2D eigenvalue weighted by atomic mass is 16.6. The van der Waals surface area contributed by atoms with Crippen molar-refractivity contribution in [2.45, 2.75) is 26.4 Å². The molecule has 0 spiro atoms. The van der Waals surface area contributed by atoms with E-state index in [1.165, 1.54) is 4.90 Å². The molecule has 8 heteroatoms. The quantitative estimate of drug-likeness (QED) is 0.653. The van der Waals surface area contributed by atoms with Gasteiger partial charge in [0.25, 0.3) is 0 Å². The van der Waals surface area contributed by atoms with Crippen LogP contribution in [-0.4, -0.2) is 37.2 Å². The first kappa shape index (κ1) is 21.2. The Morgan fingerprint density at radius 1 is 1.10 bits per heavy atom. The summed E-state index contributed by atoms with van der Waals surface area (Å²) in [6.07, 6.45) is -0.407. The Bertz CT molecular complexity index is 901. The van der Waals surface area contributed by atoms with Crippen molar-refractivity contribution < 1.29 is 19.1 Å². The number of ether oxygens (including phenoxy) is 1. The van der Waals surface area contributed by atoms with Gasteiger partial charge in [-0.25, -0.2) is 9.59 Å². The van der Waals surface area contributed by atoms with Gasteiger partial charge in [0.2, 0.25) is 5.91 Å². The van der Waals surface area contributed by atoms with Gasteiger partial charge in [-0.1, -0.05) is 50.2 Å². The van der Waals surface area contributed by atoms with Gasteiger partial charge in [-0.3, -0.25) is 9.69 Å². The van der Waals surface area contributed by atoms with Gasteiger partial charge in [0.15, 0.2) is 0 Å². The zero-order valence-electron chi connectivity index (χ0n) is 17.1. The normalized spacial score (nSPS) is 14.2. The number of cyclic esters (lactones) is 1. The Labute approximate surface area is 175 Å². The van der Waals surface area contributed by atoms with Gasteiger partial charge < -0.3 is 20.7 Å². The number of carbonyl (C=O) groups excluding carboxylic acids is 3. The van der Waals surface area contributed by atoms with Crippen molar-refractivity contribution in [3.63, 3.8) is 0 Å². The SMILES string of the molecule is CC(C)C(NC(=O)NCc1ccccc1)C(=O)Nc1cccc(N2CCOC2=O)c1. The van der Waals surface area contributed by atoms with Crippen LogP contribution >= 0.6 is 0 Å². The van der Waals surface area contributed by atoms with Crippen LogP contribution in [0.5, 0.6) is 0 Å². The zero-order chi connectivity index (χ0) is 21.5. The van der Waals surface area contributed by atoms with E-state index in [2.05, 4.69) is 16.0 Å². The standard InChI is InChI=1S/C22H26N4O4/c1-15(2)19(25-21(28)23-14-16-7-4-3-5-8-16)20(27)24-17-9-6-10-18(13-17)26-11-12-30-22(26)29/h3-10,13,15,19H,11-12,14H2,1-2H3,(H,24,27)(H2,23,25,28). The molecule has 1 saturated heterocycles. The molecule has 1 heterocycles. The van der Waals surface area contributed by atoms with Crippen molar-refractivity contribution in [1.82, 2.24) is 10.6 Å². The van der Waals surface area contributed by atoms with E-state index in [1.54, 1.807) is 24.3 Å². The molecule has 0 radical (unpaired) electrons. The maximum absolute atomic E-state index is 12.8. The van der Waals surface area contributed by atoms with Gasteiger partial charge in [-0.15, -0.1) is 0 Å². The molecule has 0 bridgehead atoms. The van der Waals surface area contributed by atoms with E-state index >= 15 is 0 Å². The molecule has 2 aromatic carbocycles. The van der Waals surface area contributed by atoms with Crippen molar-refractivity contribution >= 4 is 29.4 Å². The molecule has 1 aliphatic heterocycles. The van der Waals surface area contributed by atoms with Gasteiger partial charge in [-0.2, -0.15) is 0 Å². The lowest BCUT2D eigenvalue weighted by molar-refractivity contribution is -0.118. The summed E-state index contributed by atoms with van der Waals surface area (Å²) in [7, 11) is 0. The van der Waals surface area contributed by atoms with Crippen LogP contribution in [-0.2, 0) is 16.1 Å². The fraction of sp³-hybridized carbons (Fsp3) is 0.318. The number of urea groups is 1. The van der Waals surface area contributed by atoms with E-state index in [-0.39, 0.29) is 11.8 Å². The molecule has 0 aliphatic carbocycles. The minimum absolute atomic E-state index is 0.121. The highest BCUT2D eigenvalue weighted by molar-refractivity contribution is 5.98. The number of carbonyl (C=O) groups is 3. The smallest absolute Gasteiger partial charge is 0.414 e. The summed E-state index contributed by atoms with van der Waals surface area (Å²) in [5.41, 5.74) is 2.15. The van der Waals surface area contributed by atoms with E-state index in [0.717, 1.165) is 5.56 Å². The molecule has 1 unspecified atom stereocenters. The average Bonchev–Trinajstić information content (AvgIpc) is 3.17. The van der Waals surface area contributed by atoms with Gasteiger partial charge in [0.05, 0.1) is 6.54 Å². The Morgan fingerprint density at radius 2 is 1.87 bits per heavy atom. The molecule has 8 nitrogen and oxygen atoms in total. The van der Waals surface area contributed by atoms with E-state index in [0.29, 0.717) is 31.1 Å². The number of rotatable bonds is 7. The largest absolute Gasteiger partial charge is 0.447 e. The summed E-state index contributed by atoms with van der Waals surface area (Å²) in [6.45, 7) is 4.89. The molecule has 3 N–H and O–H groups in total.